The monoisotopic (exact) mass is 323 g/mol. The highest BCUT2D eigenvalue weighted by atomic mass is 79.9. The van der Waals surface area contributed by atoms with Gasteiger partial charge in [-0.2, -0.15) is 0 Å². The molecule has 2 N–H and O–H groups in total. The van der Waals surface area contributed by atoms with Gasteiger partial charge in [0.1, 0.15) is 0 Å². The number of benzene rings is 1. The van der Waals surface area contributed by atoms with E-state index in [4.69, 9.17) is 5.73 Å². The highest BCUT2D eigenvalue weighted by Gasteiger charge is 2.29. The summed E-state index contributed by atoms with van der Waals surface area (Å²) in [6.45, 7) is 3.17. The summed E-state index contributed by atoms with van der Waals surface area (Å²) in [4.78, 5) is 0. The summed E-state index contributed by atoms with van der Waals surface area (Å²) < 4.78 is 1.17. The second kappa shape index (κ2) is 7.44. The fourth-order valence-electron chi connectivity index (χ4n) is 3.58. The van der Waals surface area contributed by atoms with Crippen LogP contribution in [0.5, 0.6) is 0 Å². The van der Waals surface area contributed by atoms with E-state index in [-0.39, 0.29) is 0 Å². The van der Waals surface area contributed by atoms with E-state index in [2.05, 4.69) is 47.1 Å². The highest BCUT2D eigenvalue weighted by molar-refractivity contribution is 9.10. The van der Waals surface area contributed by atoms with Gasteiger partial charge >= 0.3 is 0 Å². The molecule has 19 heavy (non-hydrogen) atoms. The van der Waals surface area contributed by atoms with E-state index in [1.54, 1.807) is 0 Å². The second-order valence-electron chi connectivity index (χ2n) is 6.05. The summed E-state index contributed by atoms with van der Waals surface area (Å²) in [5, 5.41) is 0. The van der Waals surface area contributed by atoms with Crippen molar-refractivity contribution in [3.8, 4) is 0 Å². The molecule has 3 unspecified atom stereocenters. The SMILES string of the molecule is CCCC1CCC(CN)C(Cc2ccc(Br)cc2)C1. The van der Waals surface area contributed by atoms with Gasteiger partial charge in [0.05, 0.1) is 0 Å². The Balaban J connectivity index is 1.99. The lowest BCUT2D eigenvalue weighted by Crippen LogP contribution is -2.31. The summed E-state index contributed by atoms with van der Waals surface area (Å²) >= 11 is 3.51. The number of hydrogen-bond donors (Lipinski definition) is 1. The lowest BCUT2D eigenvalue weighted by molar-refractivity contribution is 0.175. The van der Waals surface area contributed by atoms with Crippen molar-refractivity contribution in [2.45, 2.75) is 45.4 Å². The third kappa shape index (κ3) is 4.32. The molecule has 2 heteroatoms. The van der Waals surface area contributed by atoms with Gasteiger partial charge in [-0.15, -0.1) is 0 Å². The van der Waals surface area contributed by atoms with Crippen LogP contribution in [0.4, 0.5) is 0 Å². The molecule has 0 bridgehead atoms. The van der Waals surface area contributed by atoms with E-state index in [1.165, 1.54) is 48.6 Å². The molecule has 0 amide bonds. The topological polar surface area (TPSA) is 26.0 Å². The van der Waals surface area contributed by atoms with E-state index >= 15 is 0 Å². The molecule has 0 saturated heterocycles. The van der Waals surface area contributed by atoms with Gasteiger partial charge < -0.3 is 5.73 Å². The van der Waals surface area contributed by atoms with Gasteiger partial charge in [-0.3, -0.25) is 0 Å². The number of nitrogens with two attached hydrogens (primary N) is 1. The summed E-state index contributed by atoms with van der Waals surface area (Å²) in [5.74, 6) is 2.46. The summed E-state index contributed by atoms with van der Waals surface area (Å²) in [6.07, 6.45) is 8.03. The first-order valence-electron chi connectivity index (χ1n) is 7.67. The molecule has 3 atom stereocenters. The van der Waals surface area contributed by atoms with Crippen LogP contribution in [0.15, 0.2) is 28.7 Å². The molecule has 0 aromatic heterocycles. The van der Waals surface area contributed by atoms with Crippen LogP contribution in [0.25, 0.3) is 0 Å². The van der Waals surface area contributed by atoms with Crippen molar-refractivity contribution in [3.05, 3.63) is 34.3 Å². The minimum absolute atomic E-state index is 0.733. The van der Waals surface area contributed by atoms with Crippen LogP contribution in [0.1, 0.15) is 44.6 Å². The van der Waals surface area contributed by atoms with Crippen molar-refractivity contribution in [3.63, 3.8) is 0 Å². The molecule has 0 spiro atoms. The number of hydrogen-bond acceptors (Lipinski definition) is 1. The van der Waals surface area contributed by atoms with Crippen LogP contribution in [0.3, 0.4) is 0 Å². The standard InChI is InChI=1S/C17H26BrN/c1-2-3-13-4-7-15(12-19)16(10-13)11-14-5-8-17(18)9-6-14/h5-6,8-9,13,15-16H,2-4,7,10-12,19H2,1H3. The van der Waals surface area contributed by atoms with E-state index < -0.39 is 0 Å². The molecular formula is C17H26BrN. The van der Waals surface area contributed by atoms with E-state index in [9.17, 15) is 0 Å². The fraction of sp³-hybridized carbons (Fsp3) is 0.647. The van der Waals surface area contributed by atoms with Gasteiger partial charge in [0.15, 0.2) is 0 Å². The second-order valence-corrected chi connectivity index (χ2v) is 6.97. The van der Waals surface area contributed by atoms with Crippen molar-refractivity contribution in [2.75, 3.05) is 6.54 Å². The van der Waals surface area contributed by atoms with Crippen molar-refractivity contribution < 1.29 is 0 Å². The smallest absolute Gasteiger partial charge is 0.0175 e. The molecule has 1 nitrogen and oxygen atoms in total. The molecule has 1 aromatic rings. The normalized spacial score (nSPS) is 27.4. The summed E-state index contributed by atoms with van der Waals surface area (Å²) in [7, 11) is 0. The van der Waals surface area contributed by atoms with Crippen LogP contribution in [0.2, 0.25) is 0 Å². The average molecular weight is 324 g/mol. The first-order chi connectivity index (χ1) is 9.22. The van der Waals surface area contributed by atoms with Crippen LogP contribution < -0.4 is 5.73 Å². The first-order valence-corrected chi connectivity index (χ1v) is 8.46. The zero-order valence-corrected chi connectivity index (χ0v) is 13.5. The van der Waals surface area contributed by atoms with Crippen molar-refractivity contribution >= 4 is 15.9 Å². The average Bonchev–Trinajstić information content (AvgIpc) is 2.42. The Labute approximate surface area is 126 Å². The zero-order chi connectivity index (χ0) is 13.7. The Hall–Kier alpha value is -0.340. The molecule has 1 fully saturated rings. The maximum absolute atomic E-state index is 5.98. The fourth-order valence-corrected chi connectivity index (χ4v) is 3.84. The molecule has 2 rings (SSSR count). The maximum Gasteiger partial charge on any atom is 0.0175 e. The predicted octanol–water partition coefficient (Wildman–Crippen LogP) is 4.78. The minimum atomic E-state index is 0.733. The maximum atomic E-state index is 5.98. The van der Waals surface area contributed by atoms with Crippen LogP contribution in [-0.4, -0.2) is 6.54 Å². The Bertz CT molecular complexity index is 373. The lowest BCUT2D eigenvalue weighted by atomic mass is 9.70. The van der Waals surface area contributed by atoms with Crippen LogP contribution in [0, 0.1) is 17.8 Å². The molecular weight excluding hydrogens is 298 g/mol. The van der Waals surface area contributed by atoms with Crippen LogP contribution in [-0.2, 0) is 6.42 Å². The van der Waals surface area contributed by atoms with Crippen molar-refractivity contribution in [1.29, 1.82) is 0 Å². The van der Waals surface area contributed by atoms with Gasteiger partial charge in [-0.25, -0.2) is 0 Å². The predicted molar refractivity (Wildman–Crippen MR) is 86.1 cm³/mol. The van der Waals surface area contributed by atoms with Crippen LogP contribution >= 0.6 is 15.9 Å². The third-order valence-corrected chi connectivity index (χ3v) is 5.19. The van der Waals surface area contributed by atoms with E-state index in [0.29, 0.717) is 0 Å². The Morgan fingerprint density at radius 2 is 1.89 bits per heavy atom. The molecule has 1 aliphatic rings. The molecule has 0 aliphatic heterocycles. The minimum Gasteiger partial charge on any atom is -0.330 e. The molecule has 0 radical (unpaired) electrons. The third-order valence-electron chi connectivity index (χ3n) is 4.66. The molecule has 1 aliphatic carbocycles. The lowest BCUT2D eigenvalue weighted by Gasteiger charge is -2.36. The molecule has 106 valence electrons. The van der Waals surface area contributed by atoms with E-state index in [1.807, 2.05) is 0 Å². The molecule has 1 aromatic carbocycles. The van der Waals surface area contributed by atoms with Gasteiger partial charge in [0, 0.05) is 4.47 Å². The van der Waals surface area contributed by atoms with Crippen molar-refractivity contribution in [2.24, 2.45) is 23.5 Å². The van der Waals surface area contributed by atoms with Gasteiger partial charge in [-0.1, -0.05) is 54.2 Å². The molecule has 1 saturated carbocycles. The largest absolute Gasteiger partial charge is 0.330 e. The zero-order valence-electron chi connectivity index (χ0n) is 11.9. The number of halogens is 1. The first kappa shape index (κ1) is 15.1. The molecule has 0 heterocycles. The summed E-state index contributed by atoms with van der Waals surface area (Å²) in [6, 6.07) is 8.81. The highest BCUT2D eigenvalue weighted by Crippen LogP contribution is 2.37. The van der Waals surface area contributed by atoms with Crippen molar-refractivity contribution in [1.82, 2.24) is 0 Å². The van der Waals surface area contributed by atoms with Gasteiger partial charge in [0.2, 0.25) is 0 Å². The van der Waals surface area contributed by atoms with E-state index in [0.717, 1.165) is 24.3 Å². The van der Waals surface area contributed by atoms with Gasteiger partial charge in [0.25, 0.3) is 0 Å². The Kier molecular flexibility index (Phi) is 5.90. The van der Waals surface area contributed by atoms with Gasteiger partial charge in [-0.05, 0) is 61.3 Å². The quantitative estimate of drug-likeness (QED) is 0.828. The Morgan fingerprint density at radius 3 is 2.53 bits per heavy atom. The number of rotatable bonds is 5. The Morgan fingerprint density at radius 1 is 1.16 bits per heavy atom. The summed E-state index contributed by atoms with van der Waals surface area (Å²) in [5.41, 5.74) is 7.45.